The summed E-state index contributed by atoms with van der Waals surface area (Å²) in [5, 5.41) is 0. The molecule has 108 valence electrons. The molecule has 0 aliphatic carbocycles. The van der Waals surface area contributed by atoms with Crippen molar-refractivity contribution in [2.24, 2.45) is 0 Å². The smallest absolute Gasteiger partial charge is 0.139 e. The summed E-state index contributed by atoms with van der Waals surface area (Å²) in [6, 6.07) is 9.84. The maximum atomic E-state index is 6.25. The monoisotopic (exact) mass is 345 g/mol. The SMILES string of the molecule is CCOc1cccc(-c2nc3cc(C)c(Br)cn3c2N)c1. The van der Waals surface area contributed by atoms with Crippen molar-refractivity contribution in [2.45, 2.75) is 13.8 Å². The summed E-state index contributed by atoms with van der Waals surface area (Å²) in [5.41, 5.74) is 9.94. The van der Waals surface area contributed by atoms with Crippen LogP contribution in [0.3, 0.4) is 0 Å². The van der Waals surface area contributed by atoms with E-state index in [9.17, 15) is 0 Å². The van der Waals surface area contributed by atoms with Gasteiger partial charge in [0.15, 0.2) is 0 Å². The third kappa shape index (κ3) is 2.49. The molecule has 0 saturated heterocycles. The van der Waals surface area contributed by atoms with E-state index < -0.39 is 0 Å². The highest BCUT2D eigenvalue weighted by molar-refractivity contribution is 9.10. The lowest BCUT2D eigenvalue weighted by atomic mass is 10.1. The molecule has 0 atom stereocenters. The van der Waals surface area contributed by atoms with Crippen LogP contribution < -0.4 is 10.5 Å². The van der Waals surface area contributed by atoms with Crippen LogP contribution in [0.2, 0.25) is 0 Å². The topological polar surface area (TPSA) is 52.5 Å². The zero-order chi connectivity index (χ0) is 15.0. The molecule has 0 bridgehead atoms. The van der Waals surface area contributed by atoms with Crippen molar-refractivity contribution in [3.8, 4) is 17.0 Å². The fourth-order valence-electron chi connectivity index (χ4n) is 2.29. The second-order valence-electron chi connectivity index (χ2n) is 4.84. The summed E-state index contributed by atoms with van der Waals surface area (Å²) < 4.78 is 8.43. The Bertz CT molecular complexity index is 811. The Morgan fingerprint density at radius 2 is 2.14 bits per heavy atom. The summed E-state index contributed by atoms with van der Waals surface area (Å²) in [7, 11) is 0. The van der Waals surface area contributed by atoms with Crippen LogP contribution in [-0.2, 0) is 0 Å². The molecule has 0 aliphatic heterocycles. The fourth-order valence-corrected chi connectivity index (χ4v) is 2.61. The minimum atomic E-state index is 0.624. The van der Waals surface area contributed by atoms with E-state index in [0.717, 1.165) is 32.7 Å². The molecule has 5 heteroatoms. The van der Waals surface area contributed by atoms with Crippen molar-refractivity contribution >= 4 is 27.4 Å². The summed E-state index contributed by atoms with van der Waals surface area (Å²) in [6.07, 6.45) is 1.95. The van der Waals surface area contributed by atoms with E-state index in [-0.39, 0.29) is 0 Å². The number of hydrogen-bond acceptors (Lipinski definition) is 3. The maximum absolute atomic E-state index is 6.25. The van der Waals surface area contributed by atoms with E-state index >= 15 is 0 Å². The molecule has 0 spiro atoms. The van der Waals surface area contributed by atoms with Crippen molar-refractivity contribution in [2.75, 3.05) is 12.3 Å². The Hall–Kier alpha value is -2.01. The molecule has 0 unspecified atom stereocenters. The molecule has 2 aromatic heterocycles. The first-order valence-corrected chi connectivity index (χ1v) is 7.56. The first kappa shape index (κ1) is 13.9. The van der Waals surface area contributed by atoms with Gasteiger partial charge in [-0.3, -0.25) is 4.40 Å². The quantitative estimate of drug-likeness (QED) is 0.778. The highest BCUT2D eigenvalue weighted by Crippen LogP contribution is 2.30. The number of fused-ring (bicyclic) bond motifs is 1. The van der Waals surface area contributed by atoms with Crippen molar-refractivity contribution in [1.82, 2.24) is 9.38 Å². The first-order chi connectivity index (χ1) is 10.1. The van der Waals surface area contributed by atoms with Crippen LogP contribution in [0.4, 0.5) is 5.82 Å². The summed E-state index contributed by atoms with van der Waals surface area (Å²) in [5.74, 6) is 1.45. The van der Waals surface area contributed by atoms with Gasteiger partial charge in [0, 0.05) is 16.2 Å². The van der Waals surface area contributed by atoms with Gasteiger partial charge in [0.05, 0.1) is 6.61 Å². The number of nitrogen functional groups attached to an aromatic ring is 1. The number of aryl methyl sites for hydroxylation is 1. The van der Waals surface area contributed by atoms with Gasteiger partial charge in [-0.15, -0.1) is 0 Å². The number of anilines is 1. The number of ether oxygens (including phenoxy) is 1. The number of hydrogen-bond donors (Lipinski definition) is 1. The van der Waals surface area contributed by atoms with Crippen molar-refractivity contribution < 1.29 is 4.74 Å². The average Bonchev–Trinajstić information content (AvgIpc) is 2.77. The summed E-state index contributed by atoms with van der Waals surface area (Å²) >= 11 is 3.52. The molecular formula is C16H16BrN3O. The van der Waals surface area contributed by atoms with E-state index in [0.29, 0.717) is 12.4 Å². The predicted molar refractivity (Wildman–Crippen MR) is 88.6 cm³/mol. The van der Waals surface area contributed by atoms with Gasteiger partial charge in [-0.2, -0.15) is 0 Å². The lowest BCUT2D eigenvalue weighted by Crippen LogP contribution is -1.95. The first-order valence-electron chi connectivity index (χ1n) is 6.77. The third-order valence-corrected chi connectivity index (χ3v) is 4.19. The van der Waals surface area contributed by atoms with Gasteiger partial charge >= 0.3 is 0 Å². The number of imidazole rings is 1. The van der Waals surface area contributed by atoms with Crippen LogP contribution in [-0.4, -0.2) is 16.0 Å². The standard InChI is InChI=1S/C16H16BrN3O/c1-3-21-12-6-4-5-11(8-12)15-16(18)20-9-13(17)10(2)7-14(20)19-15/h4-9H,3,18H2,1-2H3. The van der Waals surface area contributed by atoms with Crippen LogP contribution in [0.15, 0.2) is 41.0 Å². The van der Waals surface area contributed by atoms with Gasteiger partial charge in [-0.25, -0.2) is 4.98 Å². The maximum Gasteiger partial charge on any atom is 0.139 e. The van der Waals surface area contributed by atoms with Gasteiger partial charge in [0.2, 0.25) is 0 Å². The molecule has 3 aromatic rings. The third-order valence-electron chi connectivity index (χ3n) is 3.36. The van der Waals surface area contributed by atoms with Crippen LogP contribution >= 0.6 is 15.9 Å². The number of aromatic nitrogens is 2. The minimum Gasteiger partial charge on any atom is -0.494 e. The molecule has 21 heavy (non-hydrogen) atoms. The van der Waals surface area contributed by atoms with Crippen LogP contribution in [0.1, 0.15) is 12.5 Å². The van der Waals surface area contributed by atoms with E-state index in [1.807, 2.05) is 54.8 Å². The number of halogens is 1. The molecule has 4 nitrogen and oxygen atoms in total. The minimum absolute atomic E-state index is 0.624. The van der Waals surface area contributed by atoms with Gasteiger partial charge in [0.25, 0.3) is 0 Å². The van der Waals surface area contributed by atoms with Crippen molar-refractivity contribution in [1.29, 1.82) is 0 Å². The Balaban J connectivity index is 2.16. The largest absolute Gasteiger partial charge is 0.494 e. The second kappa shape index (κ2) is 5.41. The van der Waals surface area contributed by atoms with Crippen molar-refractivity contribution in [3.05, 3.63) is 46.6 Å². The molecule has 2 heterocycles. The lowest BCUT2D eigenvalue weighted by molar-refractivity contribution is 0.340. The molecule has 0 fully saturated rings. The predicted octanol–water partition coefficient (Wildman–Crippen LogP) is 4.05. The number of pyridine rings is 1. The molecule has 3 rings (SSSR count). The molecule has 0 saturated carbocycles. The Morgan fingerprint density at radius 1 is 1.33 bits per heavy atom. The van der Waals surface area contributed by atoms with Gasteiger partial charge < -0.3 is 10.5 Å². The van der Waals surface area contributed by atoms with E-state index in [1.165, 1.54) is 0 Å². The van der Waals surface area contributed by atoms with Crippen LogP contribution in [0.5, 0.6) is 5.75 Å². The van der Waals surface area contributed by atoms with E-state index in [1.54, 1.807) is 0 Å². The normalized spacial score (nSPS) is 11.0. The molecule has 1 aromatic carbocycles. The highest BCUT2D eigenvalue weighted by Gasteiger charge is 2.13. The number of benzene rings is 1. The van der Waals surface area contributed by atoms with Gasteiger partial charge in [0.1, 0.15) is 22.9 Å². The molecule has 0 aliphatic rings. The van der Waals surface area contributed by atoms with E-state index in [4.69, 9.17) is 10.5 Å². The average molecular weight is 346 g/mol. The van der Waals surface area contributed by atoms with E-state index in [2.05, 4.69) is 20.9 Å². The number of rotatable bonds is 3. The molecule has 0 amide bonds. The second-order valence-corrected chi connectivity index (χ2v) is 5.69. The lowest BCUT2D eigenvalue weighted by Gasteiger charge is -2.05. The Morgan fingerprint density at radius 3 is 2.90 bits per heavy atom. The zero-order valence-corrected chi connectivity index (χ0v) is 13.5. The summed E-state index contributed by atoms with van der Waals surface area (Å²) in [6.45, 7) is 4.63. The highest BCUT2D eigenvalue weighted by atomic mass is 79.9. The molecular weight excluding hydrogens is 330 g/mol. The zero-order valence-electron chi connectivity index (χ0n) is 11.9. The number of nitrogens with zero attached hydrogens (tertiary/aromatic N) is 2. The molecule has 0 radical (unpaired) electrons. The summed E-state index contributed by atoms with van der Waals surface area (Å²) in [4.78, 5) is 4.65. The fraction of sp³-hybridized carbons (Fsp3) is 0.188. The van der Waals surface area contributed by atoms with Gasteiger partial charge in [-0.05, 0) is 53.5 Å². The van der Waals surface area contributed by atoms with Gasteiger partial charge in [-0.1, -0.05) is 12.1 Å². The Labute approximate surface area is 131 Å². The van der Waals surface area contributed by atoms with Crippen molar-refractivity contribution in [3.63, 3.8) is 0 Å². The van der Waals surface area contributed by atoms with Crippen LogP contribution in [0, 0.1) is 6.92 Å². The number of nitrogens with two attached hydrogens (primary N) is 1. The Kier molecular flexibility index (Phi) is 3.59. The van der Waals surface area contributed by atoms with Crippen LogP contribution in [0.25, 0.3) is 16.9 Å². The molecule has 2 N–H and O–H groups in total.